The van der Waals surface area contributed by atoms with Crippen LogP contribution in [0.5, 0.6) is 11.5 Å². The van der Waals surface area contributed by atoms with Crippen molar-refractivity contribution in [2.24, 2.45) is 0 Å². The van der Waals surface area contributed by atoms with Crippen molar-refractivity contribution < 1.29 is 19.2 Å². The van der Waals surface area contributed by atoms with E-state index in [1.165, 1.54) is 25.3 Å². The fraction of sp³-hybridized carbons (Fsp3) is 0.133. The van der Waals surface area contributed by atoms with E-state index in [0.717, 1.165) is 0 Å². The number of methoxy groups -OCH3 is 1. The summed E-state index contributed by atoms with van der Waals surface area (Å²) in [5, 5.41) is 13.9. The summed E-state index contributed by atoms with van der Waals surface area (Å²) in [6.07, 6.45) is 0. The average Bonchev–Trinajstić information content (AvgIpc) is 2.54. The predicted molar refractivity (Wildman–Crippen MR) is 85.2 cm³/mol. The minimum absolute atomic E-state index is 0.153. The Kier molecular flexibility index (Phi) is 5.37. The number of nitrogens with zero attached hydrogens (tertiary/aromatic N) is 1. The molecule has 0 heterocycles. The lowest BCUT2D eigenvalue weighted by atomic mass is 10.2. The molecular formula is C15H13ClN2O5. The first kappa shape index (κ1) is 16.6. The van der Waals surface area contributed by atoms with Gasteiger partial charge in [0, 0.05) is 17.2 Å². The van der Waals surface area contributed by atoms with Gasteiger partial charge in [0.1, 0.15) is 11.5 Å². The number of carbonyl (C=O) groups is 1. The summed E-state index contributed by atoms with van der Waals surface area (Å²) in [4.78, 5) is 22.2. The molecule has 120 valence electrons. The number of carbonyl (C=O) groups excluding carboxylic acids is 1. The summed E-state index contributed by atoms with van der Waals surface area (Å²) in [5.74, 6) is 0.324. The number of rotatable bonds is 6. The van der Waals surface area contributed by atoms with Crippen molar-refractivity contribution in [3.8, 4) is 11.5 Å². The van der Waals surface area contributed by atoms with Gasteiger partial charge < -0.3 is 14.8 Å². The first-order valence-electron chi connectivity index (χ1n) is 6.50. The zero-order chi connectivity index (χ0) is 16.8. The maximum atomic E-state index is 11.9. The number of benzene rings is 2. The number of nitro groups is 1. The minimum atomic E-state index is -0.556. The van der Waals surface area contributed by atoms with Gasteiger partial charge in [-0.05, 0) is 30.3 Å². The molecule has 23 heavy (non-hydrogen) atoms. The number of anilines is 1. The summed E-state index contributed by atoms with van der Waals surface area (Å²) in [5.41, 5.74) is 0.0473. The molecule has 0 atom stereocenters. The van der Waals surface area contributed by atoms with Crippen LogP contribution in [0.1, 0.15) is 0 Å². The van der Waals surface area contributed by atoms with E-state index in [1.54, 1.807) is 24.3 Å². The van der Waals surface area contributed by atoms with Crippen LogP contribution in [0, 0.1) is 10.1 Å². The molecule has 8 heteroatoms. The van der Waals surface area contributed by atoms with Crippen LogP contribution in [0.4, 0.5) is 11.4 Å². The molecule has 0 saturated carbocycles. The standard InChI is InChI=1S/C15H13ClN2O5/c1-22-14-7-4-11(18(20)21)8-13(14)17-15(19)9-23-12-5-2-10(16)3-6-12/h2-8H,9H2,1H3,(H,17,19). The average molecular weight is 337 g/mol. The van der Waals surface area contributed by atoms with Gasteiger partial charge in [-0.2, -0.15) is 0 Å². The molecule has 7 nitrogen and oxygen atoms in total. The number of nitrogens with one attached hydrogen (secondary N) is 1. The van der Waals surface area contributed by atoms with Gasteiger partial charge in [-0.3, -0.25) is 14.9 Å². The second kappa shape index (κ2) is 7.46. The lowest BCUT2D eigenvalue weighted by Gasteiger charge is -2.10. The van der Waals surface area contributed by atoms with E-state index in [1.807, 2.05) is 0 Å². The molecule has 2 aromatic rings. The number of nitro benzene ring substituents is 1. The van der Waals surface area contributed by atoms with Gasteiger partial charge in [0.2, 0.25) is 0 Å². The number of hydrogen-bond donors (Lipinski definition) is 1. The number of amides is 1. The maximum absolute atomic E-state index is 11.9. The summed E-state index contributed by atoms with van der Waals surface area (Å²) < 4.78 is 10.4. The molecule has 0 aromatic heterocycles. The van der Waals surface area contributed by atoms with Crippen LogP contribution in [-0.2, 0) is 4.79 Å². The van der Waals surface area contributed by atoms with E-state index in [4.69, 9.17) is 21.1 Å². The highest BCUT2D eigenvalue weighted by Gasteiger charge is 2.14. The first-order chi connectivity index (χ1) is 11.0. The zero-order valence-electron chi connectivity index (χ0n) is 12.1. The number of ether oxygens (including phenoxy) is 2. The largest absolute Gasteiger partial charge is 0.495 e. The van der Waals surface area contributed by atoms with Crippen LogP contribution < -0.4 is 14.8 Å². The first-order valence-corrected chi connectivity index (χ1v) is 6.88. The van der Waals surface area contributed by atoms with E-state index in [-0.39, 0.29) is 18.0 Å². The molecular weight excluding hydrogens is 324 g/mol. The molecule has 0 saturated heterocycles. The molecule has 0 bridgehead atoms. The van der Waals surface area contributed by atoms with Gasteiger partial charge >= 0.3 is 0 Å². The third kappa shape index (κ3) is 4.58. The summed E-state index contributed by atoms with van der Waals surface area (Å²) >= 11 is 5.75. The van der Waals surface area contributed by atoms with Gasteiger partial charge in [-0.15, -0.1) is 0 Å². The van der Waals surface area contributed by atoms with E-state index >= 15 is 0 Å². The Morgan fingerprint density at radius 2 is 1.96 bits per heavy atom. The highest BCUT2D eigenvalue weighted by atomic mass is 35.5. The number of halogens is 1. The quantitative estimate of drug-likeness (QED) is 0.645. The Morgan fingerprint density at radius 3 is 2.57 bits per heavy atom. The SMILES string of the molecule is COc1ccc([N+](=O)[O-])cc1NC(=O)COc1ccc(Cl)cc1. The van der Waals surface area contributed by atoms with E-state index in [9.17, 15) is 14.9 Å². The molecule has 0 aliphatic heterocycles. The second-order valence-corrected chi connectivity index (χ2v) is 4.87. The summed E-state index contributed by atoms with van der Waals surface area (Å²) in [6, 6.07) is 10.5. The highest BCUT2D eigenvalue weighted by Crippen LogP contribution is 2.28. The molecule has 0 spiro atoms. The lowest BCUT2D eigenvalue weighted by Crippen LogP contribution is -2.20. The maximum Gasteiger partial charge on any atom is 0.271 e. The van der Waals surface area contributed by atoms with Gasteiger partial charge in [0.05, 0.1) is 17.7 Å². The van der Waals surface area contributed by atoms with Crippen LogP contribution in [0.15, 0.2) is 42.5 Å². The third-order valence-corrected chi connectivity index (χ3v) is 3.10. The Morgan fingerprint density at radius 1 is 1.26 bits per heavy atom. The van der Waals surface area contributed by atoms with Crippen molar-refractivity contribution in [2.45, 2.75) is 0 Å². The fourth-order valence-electron chi connectivity index (χ4n) is 1.77. The Balaban J connectivity index is 2.02. The van der Waals surface area contributed by atoms with Crippen molar-refractivity contribution in [2.75, 3.05) is 19.0 Å². The molecule has 0 fully saturated rings. The number of non-ortho nitro benzene ring substituents is 1. The van der Waals surface area contributed by atoms with Crippen LogP contribution >= 0.6 is 11.6 Å². The van der Waals surface area contributed by atoms with Crippen LogP contribution in [-0.4, -0.2) is 24.5 Å². The van der Waals surface area contributed by atoms with Gasteiger partial charge in [-0.1, -0.05) is 11.6 Å². The van der Waals surface area contributed by atoms with Gasteiger partial charge in [0.15, 0.2) is 6.61 Å². The van der Waals surface area contributed by atoms with Crippen LogP contribution in [0.2, 0.25) is 5.02 Å². The highest BCUT2D eigenvalue weighted by molar-refractivity contribution is 6.30. The van der Waals surface area contributed by atoms with Gasteiger partial charge in [0.25, 0.3) is 11.6 Å². The number of hydrogen-bond acceptors (Lipinski definition) is 5. The molecule has 1 amide bonds. The minimum Gasteiger partial charge on any atom is -0.495 e. The molecule has 2 rings (SSSR count). The normalized spacial score (nSPS) is 10.0. The smallest absolute Gasteiger partial charge is 0.271 e. The molecule has 0 radical (unpaired) electrons. The molecule has 0 unspecified atom stereocenters. The molecule has 0 aliphatic rings. The zero-order valence-corrected chi connectivity index (χ0v) is 12.9. The Bertz CT molecular complexity index is 718. The van der Waals surface area contributed by atoms with E-state index in [2.05, 4.69) is 5.32 Å². The van der Waals surface area contributed by atoms with Crippen molar-refractivity contribution in [1.29, 1.82) is 0 Å². The lowest BCUT2D eigenvalue weighted by molar-refractivity contribution is -0.384. The van der Waals surface area contributed by atoms with Crippen LogP contribution in [0.25, 0.3) is 0 Å². The topological polar surface area (TPSA) is 90.7 Å². The van der Waals surface area contributed by atoms with Crippen LogP contribution in [0.3, 0.4) is 0 Å². The Labute approximate surface area is 136 Å². The van der Waals surface area contributed by atoms with E-state index < -0.39 is 10.8 Å². The van der Waals surface area contributed by atoms with Crippen molar-refractivity contribution in [1.82, 2.24) is 0 Å². The predicted octanol–water partition coefficient (Wildman–Crippen LogP) is 3.27. The summed E-state index contributed by atoms with van der Waals surface area (Å²) in [7, 11) is 1.40. The third-order valence-electron chi connectivity index (χ3n) is 2.85. The fourth-order valence-corrected chi connectivity index (χ4v) is 1.90. The van der Waals surface area contributed by atoms with E-state index in [0.29, 0.717) is 16.5 Å². The molecule has 2 aromatic carbocycles. The van der Waals surface area contributed by atoms with Crippen molar-refractivity contribution in [3.05, 3.63) is 57.6 Å². The second-order valence-electron chi connectivity index (χ2n) is 4.43. The molecule has 0 aliphatic carbocycles. The van der Waals surface area contributed by atoms with Gasteiger partial charge in [-0.25, -0.2) is 0 Å². The monoisotopic (exact) mass is 336 g/mol. The summed E-state index contributed by atoms with van der Waals surface area (Å²) in [6.45, 7) is -0.256. The Hall–Kier alpha value is -2.80. The van der Waals surface area contributed by atoms with Crippen molar-refractivity contribution >= 4 is 28.9 Å². The van der Waals surface area contributed by atoms with Crippen molar-refractivity contribution in [3.63, 3.8) is 0 Å². The molecule has 1 N–H and O–H groups in total.